The number of para-hydroxylation sites is 2. The molecule has 1 saturated heterocycles. The molecule has 0 aromatic heterocycles. The molecule has 1 heterocycles. The maximum atomic E-state index is 12.9. The SMILES string of the molecule is COc1ccccc1NS(=O)(=O)c1ccc(NC(=O)c2ccccc2SC[C@@H]2CCCO2)cc1. The first-order valence-corrected chi connectivity index (χ1v) is 13.3. The van der Waals surface area contributed by atoms with Crippen LogP contribution >= 0.6 is 11.8 Å². The van der Waals surface area contributed by atoms with E-state index in [0.717, 1.165) is 30.1 Å². The van der Waals surface area contributed by atoms with Gasteiger partial charge < -0.3 is 14.8 Å². The number of hydrogen-bond acceptors (Lipinski definition) is 6. The Morgan fingerprint density at radius 2 is 1.79 bits per heavy atom. The zero-order valence-corrected chi connectivity index (χ0v) is 20.3. The van der Waals surface area contributed by atoms with Gasteiger partial charge in [0.15, 0.2) is 0 Å². The highest BCUT2D eigenvalue weighted by atomic mass is 32.2. The summed E-state index contributed by atoms with van der Waals surface area (Å²) in [4.78, 5) is 13.9. The minimum Gasteiger partial charge on any atom is -0.495 e. The maximum absolute atomic E-state index is 12.9. The number of sulfonamides is 1. The molecule has 7 nitrogen and oxygen atoms in total. The molecule has 1 atom stereocenters. The van der Waals surface area contributed by atoms with Crippen molar-refractivity contribution in [2.75, 3.05) is 29.5 Å². The molecule has 34 heavy (non-hydrogen) atoms. The molecule has 0 bridgehead atoms. The summed E-state index contributed by atoms with van der Waals surface area (Å²) in [5, 5.41) is 2.85. The number of anilines is 2. The zero-order valence-electron chi connectivity index (χ0n) is 18.7. The Morgan fingerprint density at radius 1 is 1.06 bits per heavy atom. The normalized spacial score (nSPS) is 15.6. The van der Waals surface area contributed by atoms with E-state index in [9.17, 15) is 13.2 Å². The smallest absolute Gasteiger partial charge is 0.262 e. The summed E-state index contributed by atoms with van der Waals surface area (Å²) in [6, 6.07) is 20.2. The minimum absolute atomic E-state index is 0.0731. The molecule has 1 fully saturated rings. The fraction of sp³-hybridized carbons (Fsp3) is 0.240. The maximum Gasteiger partial charge on any atom is 0.262 e. The molecule has 1 aliphatic rings. The number of benzene rings is 3. The van der Waals surface area contributed by atoms with Crippen LogP contribution in [0, 0.1) is 0 Å². The highest BCUT2D eigenvalue weighted by Crippen LogP contribution is 2.28. The van der Waals surface area contributed by atoms with E-state index in [1.165, 1.54) is 19.2 Å². The fourth-order valence-corrected chi connectivity index (χ4v) is 5.78. The Morgan fingerprint density at radius 3 is 2.53 bits per heavy atom. The van der Waals surface area contributed by atoms with Crippen LogP contribution in [-0.2, 0) is 14.8 Å². The van der Waals surface area contributed by atoms with E-state index in [-0.39, 0.29) is 16.9 Å². The summed E-state index contributed by atoms with van der Waals surface area (Å²) >= 11 is 1.61. The van der Waals surface area contributed by atoms with E-state index in [4.69, 9.17) is 9.47 Å². The topological polar surface area (TPSA) is 93.7 Å². The Hall–Kier alpha value is -3.01. The lowest BCUT2D eigenvalue weighted by Gasteiger charge is -2.13. The Balaban J connectivity index is 1.43. The molecule has 0 aliphatic carbocycles. The highest BCUT2D eigenvalue weighted by molar-refractivity contribution is 7.99. The molecular weight excluding hydrogens is 472 g/mol. The standard InChI is InChI=1S/C25H26N2O5S2/c1-31-23-10-4-3-9-22(23)27-34(29,30)20-14-12-18(13-15-20)26-25(28)21-8-2-5-11-24(21)33-17-19-7-6-16-32-19/h2-5,8-15,19,27H,6-7,16-17H2,1H3,(H,26,28)/t19-/m0/s1. The third-order valence-electron chi connectivity index (χ3n) is 5.35. The predicted molar refractivity (Wildman–Crippen MR) is 134 cm³/mol. The quantitative estimate of drug-likeness (QED) is 0.403. The second-order valence-corrected chi connectivity index (χ2v) is 10.5. The highest BCUT2D eigenvalue weighted by Gasteiger charge is 2.19. The summed E-state index contributed by atoms with van der Waals surface area (Å²) in [6.45, 7) is 0.799. The van der Waals surface area contributed by atoms with Gasteiger partial charge in [-0.15, -0.1) is 11.8 Å². The molecule has 3 aromatic carbocycles. The van der Waals surface area contributed by atoms with Gasteiger partial charge in [0.2, 0.25) is 0 Å². The summed E-state index contributed by atoms with van der Waals surface area (Å²) in [5.74, 6) is 0.972. The number of amides is 1. The van der Waals surface area contributed by atoms with Crippen molar-refractivity contribution in [2.45, 2.75) is 28.7 Å². The van der Waals surface area contributed by atoms with E-state index in [2.05, 4.69) is 10.0 Å². The van der Waals surface area contributed by atoms with Crippen LogP contribution in [0.25, 0.3) is 0 Å². The first-order valence-electron chi connectivity index (χ1n) is 10.9. The van der Waals surface area contributed by atoms with Crippen molar-refractivity contribution in [3.8, 4) is 5.75 Å². The molecule has 4 rings (SSSR count). The van der Waals surface area contributed by atoms with Gasteiger partial charge in [0.05, 0.1) is 29.4 Å². The third-order valence-corrected chi connectivity index (χ3v) is 7.94. The molecule has 0 unspecified atom stereocenters. The minimum atomic E-state index is -3.82. The summed E-state index contributed by atoms with van der Waals surface area (Å²) in [7, 11) is -2.35. The fourth-order valence-electron chi connectivity index (χ4n) is 3.59. The summed E-state index contributed by atoms with van der Waals surface area (Å²) < 4.78 is 39.0. The van der Waals surface area contributed by atoms with Crippen LogP contribution in [0.1, 0.15) is 23.2 Å². The number of hydrogen-bond donors (Lipinski definition) is 2. The Labute approximate surface area is 203 Å². The van der Waals surface area contributed by atoms with Crippen molar-refractivity contribution in [2.24, 2.45) is 0 Å². The molecule has 178 valence electrons. The number of methoxy groups -OCH3 is 1. The Bertz CT molecular complexity index is 1240. The molecule has 0 radical (unpaired) electrons. The molecule has 0 spiro atoms. The van der Waals surface area contributed by atoms with Crippen molar-refractivity contribution < 1.29 is 22.7 Å². The Kier molecular flexibility index (Phi) is 7.77. The van der Waals surface area contributed by atoms with Gasteiger partial charge in [-0.2, -0.15) is 0 Å². The zero-order chi connectivity index (χ0) is 24.0. The second kappa shape index (κ2) is 10.9. The van der Waals surface area contributed by atoms with Gasteiger partial charge in [-0.1, -0.05) is 24.3 Å². The number of rotatable bonds is 9. The lowest BCUT2D eigenvalue weighted by molar-refractivity contribution is 0.102. The van der Waals surface area contributed by atoms with E-state index >= 15 is 0 Å². The number of ether oxygens (including phenoxy) is 2. The molecule has 2 N–H and O–H groups in total. The molecule has 0 saturated carbocycles. The van der Waals surface area contributed by atoms with Crippen LogP contribution in [0.15, 0.2) is 82.6 Å². The first kappa shape index (κ1) is 24.1. The molecule has 9 heteroatoms. The summed E-state index contributed by atoms with van der Waals surface area (Å²) in [5.41, 5.74) is 1.42. The summed E-state index contributed by atoms with van der Waals surface area (Å²) in [6.07, 6.45) is 2.34. The van der Waals surface area contributed by atoms with Crippen molar-refractivity contribution in [3.63, 3.8) is 0 Å². The number of carbonyl (C=O) groups excluding carboxylic acids is 1. The third kappa shape index (κ3) is 5.91. The van der Waals surface area contributed by atoms with Crippen LogP contribution < -0.4 is 14.8 Å². The van der Waals surface area contributed by atoms with E-state index in [1.54, 1.807) is 54.2 Å². The number of nitrogens with one attached hydrogen (secondary N) is 2. The van der Waals surface area contributed by atoms with Gasteiger partial charge in [0.1, 0.15) is 5.75 Å². The molecule has 1 aliphatic heterocycles. The van der Waals surface area contributed by atoms with Gasteiger partial charge in [-0.3, -0.25) is 9.52 Å². The van der Waals surface area contributed by atoms with Gasteiger partial charge >= 0.3 is 0 Å². The largest absolute Gasteiger partial charge is 0.495 e. The van der Waals surface area contributed by atoms with Gasteiger partial charge in [0, 0.05) is 22.9 Å². The molecular formula is C25H26N2O5S2. The van der Waals surface area contributed by atoms with Gasteiger partial charge in [-0.25, -0.2) is 8.42 Å². The van der Waals surface area contributed by atoms with E-state index < -0.39 is 10.0 Å². The van der Waals surface area contributed by atoms with Crippen LogP contribution in [-0.4, -0.2) is 39.9 Å². The lowest BCUT2D eigenvalue weighted by atomic mass is 10.2. The molecule has 1 amide bonds. The average molecular weight is 499 g/mol. The number of carbonyl (C=O) groups is 1. The van der Waals surface area contributed by atoms with Crippen LogP contribution in [0.3, 0.4) is 0 Å². The van der Waals surface area contributed by atoms with Crippen molar-refractivity contribution in [1.29, 1.82) is 0 Å². The first-order chi connectivity index (χ1) is 16.5. The van der Waals surface area contributed by atoms with Crippen LogP contribution in [0.5, 0.6) is 5.75 Å². The predicted octanol–water partition coefficient (Wildman–Crippen LogP) is 5.02. The lowest BCUT2D eigenvalue weighted by Crippen LogP contribution is -2.15. The van der Waals surface area contributed by atoms with Crippen LogP contribution in [0.4, 0.5) is 11.4 Å². The van der Waals surface area contributed by atoms with Crippen molar-refractivity contribution in [3.05, 3.63) is 78.4 Å². The van der Waals surface area contributed by atoms with Gasteiger partial charge in [0.25, 0.3) is 15.9 Å². The average Bonchev–Trinajstić information content (AvgIpc) is 3.37. The van der Waals surface area contributed by atoms with Crippen molar-refractivity contribution in [1.82, 2.24) is 0 Å². The van der Waals surface area contributed by atoms with Gasteiger partial charge in [-0.05, 0) is 61.4 Å². The van der Waals surface area contributed by atoms with E-state index in [0.29, 0.717) is 22.7 Å². The van der Waals surface area contributed by atoms with Crippen molar-refractivity contribution >= 4 is 39.1 Å². The number of thioether (sulfide) groups is 1. The second-order valence-electron chi connectivity index (χ2n) is 7.73. The van der Waals surface area contributed by atoms with Crippen LogP contribution in [0.2, 0.25) is 0 Å². The monoisotopic (exact) mass is 498 g/mol. The van der Waals surface area contributed by atoms with E-state index in [1.807, 2.05) is 18.2 Å². The molecule has 3 aromatic rings.